The van der Waals surface area contributed by atoms with Crippen LogP contribution in [0.2, 0.25) is 0 Å². The number of hydrogen-bond acceptors (Lipinski definition) is 6. The fraction of sp³-hybridized carbons (Fsp3) is 0.312. The first-order chi connectivity index (χ1) is 11.1. The second-order valence-electron chi connectivity index (χ2n) is 4.79. The third-order valence-corrected chi connectivity index (χ3v) is 3.18. The summed E-state index contributed by atoms with van der Waals surface area (Å²) in [5, 5.41) is 2.74. The van der Waals surface area contributed by atoms with Crippen molar-refractivity contribution in [3.05, 3.63) is 41.2 Å². The van der Waals surface area contributed by atoms with Gasteiger partial charge in [-0.1, -0.05) is 12.1 Å². The molecule has 0 saturated carbocycles. The van der Waals surface area contributed by atoms with Crippen LogP contribution in [-0.4, -0.2) is 29.5 Å². The SMILES string of the molecule is CCNC(=O)c1c(C)nc(N)nc1COc1ccccc1OC. The molecule has 0 aliphatic heterocycles. The fourth-order valence-electron chi connectivity index (χ4n) is 2.19. The number of ether oxygens (including phenoxy) is 2. The third-order valence-electron chi connectivity index (χ3n) is 3.18. The molecule has 3 N–H and O–H groups in total. The van der Waals surface area contributed by atoms with Crippen molar-refractivity contribution in [2.75, 3.05) is 19.4 Å². The molecule has 0 spiro atoms. The fourth-order valence-corrected chi connectivity index (χ4v) is 2.19. The lowest BCUT2D eigenvalue weighted by molar-refractivity contribution is 0.0951. The number of hydrogen-bond donors (Lipinski definition) is 2. The van der Waals surface area contributed by atoms with E-state index in [-0.39, 0.29) is 18.5 Å². The summed E-state index contributed by atoms with van der Waals surface area (Å²) in [5.41, 5.74) is 7.03. The van der Waals surface area contributed by atoms with E-state index in [1.807, 2.05) is 19.1 Å². The van der Waals surface area contributed by atoms with E-state index in [1.54, 1.807) is 26.2 Å². The molecule has 2 aromatic rings. The summed E-state index contributed by atoms with van der Waals surface area (Å²) in [6.07, 6.45) is 0. The van der Waals surface area contributed by atoms with Crippen LogP contribution in [0.15, 0.2) is 24.3 Å². The minimum atomic E-state index is -0.247. The lowest BCUT2D eigenvalue weighted by atomic mass is 10.1. The van der Waals surface area contributed by atoms with Crippen molar-refractivity contribution in [1.29, 1.82) is 0 Å². The molecular weight excluding hydrogens is 296 g/mol. The van der Waals surface area contributed by atoms with Gasteiger partial charge in [0.25, 0.3) is 5.91 Å². The van der Waals surface area contributed by atoms with Gasteiger partial charge in [-0.15, -0.1) is 0 Å². The lowest BCUT2D eigenvalue weighted by Gasteiger charge is -2.14. The minimum Gasteiger partial charge on any atom is -0.493 e. The molecule has 122 valence electrons. The molecule has 1 aromatic carbocycles. The third kappa shape index (κ3) is 3.88. The van der Waals surface area contributed by atoms with Gasteiger partial charge in [-0.2, -0.15) is 0 Å². The highest BCUT2D eigenvalue weighted by atomic mass is 16.5. The normalized spacial score (nSPS) is 10.2. The Balaban J connectivity index is 2.30. The van der Waals surface area contributed by atoms with E-state index >= 15 is 0 Å². The van der Waals surface area contributed by atoms with Gasteiger partial charge in [0, 0.05) is 6.54 Å². The van der Waals surface area contributed by atoms with Gasteiger partial charge in [0.05, 0.1) is 24.1 Å². The summed E-state index contributed by atoms with van der Waals surface area (Å²) in [6.45, 7) is 4.15. The number of carbonyl (C=O) groups is 1. The van der Waals surface area contributed by atoms with E-state index < -0.39 is 0 Å². The van der Waals surface area contributed by atoms with Crippen LogP contribution in [0, 0.1) is 6.92 Å². The molecule has 0 fully saturated rings. The Kier molecular flexibility index (Phi) is 5.35. The molecule has 7 heteroatoms. The molecule has 2 rings (SSSR count). The number of nitrogens with zero attached hydrogens (tertiary/aromatic N) is 2. The number of nitrogen functional groups attached to an aromatic ring is 1. The first kappa shape index (κ1) is 16.5. The Morgan fingerprint density at radius 3 is 2.61 bits per heavy atom. The maximum absolute atomic E-state index is 12.2. The lowest BCUT2D eigenvalue weighted by Crippen LogP contribution is -2.26. The molecule has 0 unspecified atom stereocenters. The summed E-state index contributed by atoms with van der Waals surface area (Å²) < 4.78 is 11.0. The van der Waals surface area contributed by atoms with Crippen LogP contribution in [0.5, 0.6) is 11.5 Å². The van der Waals surface area contributed by atoms with Crippen molar-refractivity contribution in [1.82, 2.24) is 15.3 Å². The van der Waals surface area contributed by atoms with E-state index in [4.69, 9.17) is 15.2 Å². The van der Waals surface area contributed by atoms with E-state index in [0.717, 1.165) is 0 Å². The molecule has 0 atom stereocenters. The molecule has 0 aliphatic carbocycles. The first-order valence-electron chi connectivity index (χ1n) is 7.23. The molecule has 7 nitrogen and oxygen atoms in total. The molecular formula is C16H20N4O3. The molecule has 1 heterocycles. The number of aryl methyl sites for hydroxylation is 1. The zero-order chi connectivity index (χ0) is 16.8. The van der Waals surface area contributed by atoms with E-state index in [0.29, 0.717) is 35.0 Å². The number of nitrogens with two attached hydrogens (primary N) is 1. The first-order valence-corrected chi connectivity index (χ1v) is 7.23. The number of rotatable bonds is 6. The average Bonchev–Trinajstić information content (AvgIpc) is 2.52. The number of amides is 1. The highest BCUT2D eigenvalue weighted by molar-refractivity contribution is 5.96. The average molecular weight is 316 g/mol. The van der Waals surface area contributed by atoms with Gasteiger partial charge in [-0.05, 0) is 26.0 Å². The maximum Gasteiger partial charge on any atom is 0.255 e. The maximum atomic E-state index is 12.2. The van der Waals surface area contributed by atoms with Gasteiger partial charge in [0.15, 0.2) is 11.5 Å². The summed E-state index contributed by atoms with van der Waals surface area (Å²) >= 11 is 0. The smallest absolute Gasteiger partial charge is 0.255 e. The summed E-state index contributed by atoms with van der Waals surface area (Å²) in [5.74, 6) is 1.02. The van der Waals surface area contributed by atoms with E-state index in [2.05, 4.69) is 15.3 Å². The van der Waals surface area contributed by atoms with Crippen molar-refractivity contribution < 1.29 is 14.3 Å². The van der Waals surface area contributed by atoms with Gasteiger partial charge >= 0.3 is 0 Å². The van der Waals surface area contributed by atoms with Crippen LogP contribution in [0.1, 0.15) is 28.7 Å². The molecule has 1 amide bonds. The number of carbonyl (C=O) groups excluding carboxylic acids is 1. The summed E-state index contributed by atoms with van der Waals surface area (Å²) in [6, 6.07) is 7.25. The molecule has 0 radical (unpaired) electrons. The number of aromatic nitrogens is 2. The monoisotopic (exact) mass is 316 g/mol. The molecule has 1 aromatic heterocycles. The summed E-state index contributed by atoms with van der Waals surface area (Å²) in [7, 11) is 1.56. The van der Waals surface area contributed by atoms with E-state index in [1.165, 1.54) is 0 Å². The van der Waals surface area contributed by atoms with Gasteiger partial charge in [-0.25, -0.2) is 9.97 Å². The second-order valence-corrected chi connectivity index (χ2v) is 4.79. The highest BCUT2D eigenvalue weighted by Gasteiger charge is 2.18. The zero-order valence-electron chi connectivity index (χ0n) is 13.4. The topological polar surface area (TPSA) is 99.4 Å². The predicted octanol–water partition coefficient (Wildman–Crippen LogP) is 1.70. The second kappa shape index (κ2) is 7.44. The van der Waals surface area contributed by atoms with Crippen molar-refractivity contribution in [2.45, 2.75) is 20.5 Å². The minimum absolute atomic E-state index is 0.0837. The van der Waals surface area contributed by atoms with Crippen LogP contribution in [0.25, 0.3) is 0 Å². The molecule has 23 heavy (non-hydrogen) atoms. The number of nitrogens with one attached hydrogen (secondary N) is 1. The predicted molar refractivity (Wildman–Crippen MR) is 86.5 cm³/mol. The Hall–Kier alpha value is -2.83. The standard InChI is InChI=1S/C16H20N4O3/c1-4-18-15(21)14-10(2)19-16(17)20-11(14)9-23-13-8-6-5-7-12(13)22-3/h5-8H,4,9H2,1-3H3,(H,18,21)(H2,17,19,20). The Morgan fingerprint density at radius 1 is 1.26 bits per heavy atom. The largest absolute Gasteiger partial charge is 0.493 e. The summed E-state index contributed by atoms with van der Waals surface area (Å²) in [4.78, 5) is 20.4. The van der Waals surface area contributed by atoms with Crippen LogP contribution < -0.4 is 20.5 Å². The quantitative estimate of drug-likeness (QED) is 0.841. The number of benzene rings is 1. The molecule has 0 bridgehead atoms. The van der Waals surface area contributed by atoms with Gasteiger partial charge in [0.1, 0.15) is 6.61 Å². The Morgan fingerprint density at radius 2 is 1.96 bits per heavy atom. The Bertz CT molecular complexity index is 704. The van der Waals surface area contributed by atoms with Gasteiger partial charge in [0.2, 0.25) is 5.95 Å². The highest BCUT2D eigenvalue weighted by Crippen LogP contribution is 2.27. The van der Waals surface area contributed by atoms with Crippen LogP contribution in [0.3, 0.4) is 0 Å². The van der Waals surface area contributed by atoms with Crippen molar-refractivity contribution in [3.63, 3.8) is 0 Å². The number of methoxy groups -OCH3 is 1. The van der Waals surface area contributed by atoms with E-state index in [9.17, 15) is 4.79 Å². The zero-order valence-corrected chi connectivity index (χ0v) is 13.4. The molecule has 0 saturated heterocycles. The number of para-hydroxylation sites is 2. The van der Waals surface area contributed by atoms with Crippen molar-refractivity contribution in [2.24, 2.45) is 0 Å². The number of anilines is 1. The van der Waals surface area contributed by atoms with Crippen LogP contribution in [0.4, 0.5) is 5.95 Å². The van der Waals surface area contributed by atoms with Crippen molar-refractivity contribution in [3.8, 4) is 11.5 Å². The van der Waals surface area contributed by atoms with Crippen LogP contribution >= 0.6 is 0 Å². The van der Waals surface area contributed by atoms with Crippen LogP contribution in [-0.2, 0) is 6.61 Å². The van der Waals surface area contributed by atoms with Crippen molar-refractivity contribution >= 4 is 11.9 Å². The molecule has 0 aliphatic rings. The van der Waals surface area contributed by atoms with Gasteiger partial charge < -0.3 is 20.5 Å². The Labute approximate surface area is 134 Å². The van der Waals surface area contributed by atoms with Gasteiger partial charge in [-0.3, -0.25) is 4.79 Å².